The lowest BCUT2D eigenvalue weighted by molar-refractivity contribution is -0.671. The molecule has 1 amide bonds. The molecule has 0 aromatic carbocycles. The quantitative estimate of drug-likeness (QED) is 0.324. The molecule has 1 heterocycles. The molecule has 0 spiro atoms. The zero-order chi connectivity index (χ0) is 16.9. The molecule has 1 atom stereocenters. The average molecular weight is 456 g/mol. The molecule has 4 bridgehead atoms. The summed E-state index contributed by atoms with van der Waals surface area (Å²) in [5.41, 5.74) is 0.0420. The van der Waals surface area contributed by atoms with Gasteiger partial charge in [0, 0.05) is 11.5 Å². The first-order valence-electron chi connectivity index (χ1n) is 8.94. The molecule has 2 N–H and O–H groups in total. The highest BCUT2D eigenvalue weighted by Gasteiger charge is 2.55. The van der Waals surface area contributed by atoms with Crippen LogP contribution in [0.15, 0.2) is 24.5 Å². The Balaban J connectivity index is 0.00000182. The molecule has 1 aromatic rings. The molecule has 4 saturated carbocycles. The third-order valence-electron chi connectivity index (χ3n) is 6.28. The van der Waals surface area contributed by atoms with Gasteiger partial charge in [-0.2, -0.15) is 0 Å². The molecular formula is C19H25IN2O3. The number of aromatic nitrogens is 1. The van der Waals surface area contributed by atoms with Crippen LogP contribution in [0.4, 0.5) is 0 Å². The summed E-state index contributed by atoms with van der Waals surface area (Å²) in [4.78, 5) is 25.3. The molecule has 0 aliphatic heterocycles. The number of aliphatic hydroxyl groups excluding tert-OH is 1. The highest BCUT2D eigenvalue weighted by molar-refractivity contribution is 5.98. The number of nitrogens with zero attached hydrogens (tertiary/aromatic N) is 1. The Bertz CT molecular complexity index is 656. The normalized spacial score (nSPS) is 33.4. The second-order valence-electron chi connectivity index (χ2n) is 8.20. The number of carbonyl (C=O) groups excluding carboxylic acids is 2. The Hall–Kier alpha value is -1.02. The molecule has 0 radical (unpaired) electrons. The predicted octanol–water partition coefficient (Wildman–Crippen LogP) is -1.65. The third kappa shape index (κ3) is 3.47. The van der Waals surface area contributed by atoms with Crippen molar-refractivity contribution in [2.45, 2.75) is 44.8 Å². The number of nitrogens with one attached hydrogen (secondary N) is 1. The molecule has 1 aromatic heterocycles. The number of Topliss-reactive ketones (excluding diaryl/α,β-unsaturated/α-hetero) is 1. The van der Waals surface area contributed by atoms with E-state index in [9.17, 15) is 14.7 Å². The van der Waals surface area contributed by atoms with Crippen LogP contribution >= 0.6 is 0 Å². The Kier molecular flexibility index (Phi) is 5.21. The third-order valence-corrected chi connectivity index (χ3v) is 6.28. The number of hydrogen-bond donors (Lipinski definition) is 2. The van der Waals surface area contributed by atoms with Gasteiger partial charge in [-0.15, -0.1) is 0 Å². The summed E-state index contributed by atoms with van der Waals surface area (Å²) in [6.07, 6.45) is 8.52. The van der Waals surface area contributed by atoms with Gasteiger partial charge in [0.15, 0.2) is 24.4 Å². The van der Waals surface area contributed by atoms with Crippen LogP contribution in [0.25, 0.3) is 0 Å². The highest BCUT2D eigenvalue weighted by Crippen LogP contribution is 2.60. The second-order valence-corrected chi connectivity index (χ2v) is 8.20. The van der Waals surface area contributed by atoms with E-state index in [1.165, 1.54) is 19.3 Å². The van der Waals surface area contributed by atoms with E-state index in [0.29, 0.717) is 23.3 Å². The van der Waals surface area contributed by atoms with Crippen LogP contribution in [0, 0.1) is 23.2 Å². The van der Waals surface area contributed by atoms with E-state index in [4.69, 9.17) is 0 Å². The first-order chi connectivity index (χ1) is 11.4. The average Bonchev–Trinajstić information content (AvgIpc) is 2.52. The Morgan fingerprint density at radius 3 is 2.28 bits per heavy atom. The van der Waals surface area contributed by atoms with Crippen molar-refractivity contribution in [3.63, 3.8) is 0 Å². The van der Waals surface area contributed by atoms with Crippen molar-refractivity contribution in [1.29, 1.82) is 0 Å². The van der Waals surface area contributed by atoms with Gasteiger partial charge >= 0.3 is 0 Å². The van der Waals surface area contributed by atoms with Gasteiger partial charge in [-0.3, -0.25) is 9.59 Å². The highest BCUT2D eigenvalue weighted by atomic mass is 127. The van der Waals surface area contributed by atoms with Crippen molar-refractivity contribution in [3.8, 4) is 0 Å². The molecule has 1 unspecified atom stereocenters. The van der Waals surface area contributed by atoms with E-state index in [2.05, 4.69) is 5.32 Å². The summed E-state index contributed by atoms with van der Waals surface area (Å²) >= 11 is 0. The Morgan fingerprint density at radius 2 is 1.76 bits per heavy atom. The minimum Gasteiger partial charge on any atom is -1.00 e. The van der Waals surface area contributed by atoms with Crippen LogP contribution in [0.5, 0.6) is 0 Å². The van der Waals surface area contributed by atoms with Crippen molar-refractivity contribution in [2.75, 3.05) is 0 Å². The number of carbonyl (C=O) groups is 2. The van der Waals surface area contributed by atoms with E-state index in [0.717, 1.165) is 19.3 Å². The van der Waals surface area contributed by atoms with Crippen LogP contribution in [0.2, 0.25) is 0 Å². The number of ketones is 1. The smallest absolute Gasteiger partial charge is 0.259 e. The predicted molar refractivity (Wildman–Crippen MR) is 86.7 cm³/mol. The number of aryl methyl sites for hydroxylation is 1. The maximum Gasteiger partial charge on any atom is 0.259 e. The summed E-state index contributed by atoms with van der Waals surface area (Å²) < 4.78 is 1.77. The Morgan fingerprint density at radius 1 is 1.20 bits per heavy atom. The van der Waals surface area contributed by atoms with Gasteiger partial charge in [0.25, 0.3) is 5.91 Å². The first-order valence-corrected chi connectivity index (χ1v) is 8.94. The molecule has 4 aliphatic rings. The number of pyridine rings is 1. The molecule has 4 aliphatic carbocycles. The van der Waals surface area contributed by atoms with Crippen molar-refractivity contribution < 1.29 is 43.2 Å². The summed E-state index contributed by atoms with van der Waals surface area (Å²) in [5.74, 6) is 1.33. The zero-order valence-corrected chi connectivity index (χ0v) is 16.6. The van der Waals surface area contributed by atoms with Crippen molar-refractivity contribution in [1.82, 2.24) is 5.32 Å². The van der Waals surface area contributed by atoms with Gasteiger partial charge in [0.2, 0.25) is 0 Å². The van der Waals surface area contributed by atoms with Crippen LogP contribution in [0.1, 0.15) is 48.9 Å². The molecule has 25 heavy (non-hydrogen) atoms. The maximum atomic E-state index is 13.0. The van der Waals surface area contributed by atoms with Crippen molar-refractivity contribution in [3.05, 3.63) is 30.1 Å². The van der Waals surface area contributed by atoms with E-state index < -0.39 is 17.6 Å². The molecule has 0 saturated heterocycles. The fourth-order valence-electron chi connectivity index (χ4n) is 5.70. The molecule has 5 rings (SSSR count). The minimum atomic E-state index is -1.40. The minimum absolute atomic E-state index is 0. The summed E-state index contributed by atoms with van der Waals surface area (Å²) in [6, 6.07) is 3.44. The number of aliphatic hydroxyl groups is 1. The lowest BCUT2D eigenvalue weighted by Crippen LogP contribution is -3.00. The fraction of sp³-hybridized carbons (Fsp3) is 0.632. The summed E-state index contributed by atoms with van der Waals surface area (Å²) in [5, 5.41) is 12.9. The molecule has 136 valence electrons. The molecule has 6 heteroatoms. The largest absolute Gasteiger partial charge is 1.00 e. The summed E-state index contributed by atoms with van der Waals surface area (Å²) in [7, 11) is 1.83. The number of halogens is 1. The maximum absolute atomic E-state index is 13.0. The first kappa shape index (κ1) is 18.8. The molecule has 4 fully saturated rings. The van der Waals surface area contributed by atoms with Crippen LogP contribution in [-0.4, -0.2) is 23.0 Å². The van der Waals surface area contributed by atoms with Crippen LogP contribution in [-0.2, 0) is 11.8 Å². The van der Waals surface area contributed by atoms with E-state index in [1.807, 2.05) is 13.2 Å². The second kappa shape index (κ2) is 6.95. The van der Waals surface area contributed by atoms with Gasteiger partial charge in [-0.05, 0) is 62.3 Å². The number of amides is 1. The van der Waals surface area contributed by atoms with Gasteiger partial charge in [0.05, 0.1) is 0 Å². The standard InChI is InChI=1S/C19H24N2O3.HI/c1-21-4-2-3-15(11-21)17(23)20-18(24)16(22)19-8-12-5-13(9-19)7-14(6-12)10-19;/h2-4,11-14,18,24H,5-10H2,1H3;1H. The topological polar surface area (TPSA) is 70.3 Å². The van der Waals surface area contributed by atoms with E-state index in [-0.39, 0.29) is 29.8 Å². The Labute approximate surface area is 165 Å². The monoisotopic (exact) mass is 456 g/mol. The lowest BCUT2D eigenvalue weighted by atomic mass is 9.48. The van der Waals surface area contributed by atoms with Crippen LogP contribution < -0.4 is 33.9 Å². The fourth-order valence-corrected chi connectivity index (χ4v) is 5.70. The number of rotatable bonds is 4. The van der Waals surface area contributed by atoms with Gasteiger partial charge < -0.3 is 34.4 Å². The number of hydrogen-bond acceptors (Lipinski definition) is 3. The van der Waals surface area contributed by atoms with Crippen LogP contribution in [0.3, 0.4) is 0 Å². The van der Waals surface area contributed by atoms with Crippen molar-refractivity contribution >= 4 is 11.7 Å². The van der Waals surface area contributed by atoms with Gasteiger partial charge in [-0.25, -0.2) is 4.57 Å². The zero-order valence-electron chi connectivity index (χ0n) is 14.5. The molecular weight excluding hydrogens is 431 g/mol. The van der Waals surface area contributed by atoms with Gasteiger partial charge in [0.1, 0.15) is 12.6 Å². The van der Waals surface area contributed by atoms with Gasteiger partial charge in [-0.1, -0.05) is 0 Å². The van der Waals surface area contributed by atoms with E-state index >= 15 is 0 Å². The molecule has 5 nitrogen and oxygen atoms in total. The summed E-state index contributed by atoms with van der Waals surface area (Å²) in [6.45, 7) is 0. The van der Waals surface area contributed by atoms with E-state index in [1.54, 1.807) is 22.9 Å². The lowest BCUT2D eigenvalue weighted by Gasteiger charge is -2.56. The van der Waals surface area contributed by atoms with Crippen molar-refractivity contribution in [2.24, 2.45) is 30.2 Å². The SMILES string of the molecule is C[n+]1cccc(C(=O)NC(O)C(=O)C23CC4CC(CC(C4)C2)C3)c1.[I-].